The Morgan fingerprint density at radius 3 is 2.68 bits per heavy atom. The van der Waals surface area contributed by atoms with E-state index in [4.69, 9.17) is 4.74 Å². The Morgan fingerprint density at radius 2 is 1.82 bits per heavy atom. The van der Waals surface area contributed by atoms with Crippen LogP contribution in [-0.4, -0.2) is 36.5 Å². The number of rotatable bonds is 8. The van der Waals surface area contributed by atoms with E-state index in [0.717, 1.165) is 16.5 Å². The lowest BCUT2D eigenvalue weighted by atomic mass is 10.1. The third kappa shape index (κ3) is 4.85. The van der Waals surface area contributed by atoms with E-state index in [1.54, 1.807) is 30.5 Å². The Labute approximate surface area is 163 Å². The number of para-hydroxylation sites is 2. The van der Waals surface area contributed by atoms with Crippen LogP contribution in [0.2, 0.25) is 0 Å². The standard InChI is InChI=1S/C22H23N3O3/c1-2-28-19-11-4-3-10-18(19)22(27)25-15-20(26)23-14-12-17-8-5-7-16-9-6-13-24-21(16)17/h3-11,13H,2,12,14-15H2,1H3,(H,23,26)(H,25,27). The minimum atomic E-state index is -0.336. The monoisotopic (exact) mass is 377 g/mol. The number of aromatic nitrogens is 1. The van der Waals surface area contributed by atoms with Crippen LogP contribution in [0.15, 0.2) is 60.8 Å². The number of pyridine rings is 1. The van der Waals surface area contributed by atoms with E-state index in [1.165, 1.54) is 0 Å². The number of hydrogen-bond acceptors (Lipinski definition) is 4. The van der Waals surface area contributed by atoms with Crippen LogP contribution in [0, 0.1) is 0 Å². The van der Waals surface area contributed by atoms with E-state index in [2.05, 4.69) is 15.6 Å². The maximum Gasteiger partial charge on any atom is 0.255 e. The Kier molecular flexibility index (Phi) is 6.57. The smallest absolute Gasteiger partial charge is 0.255 e. The zero-order chi connectivity index (χ0) is 19.8. The molecule has 28 heavy (non-hydrogen) atoms. The molecule has 1 aromatic heterocycles. The normalized spacial score (nSPS) is 10.5. The molecule has 0 bridgehead atoms. The van der Waals surface area contributed by atoms with Crippen LogP contribution in [-0.2, 0) is 11.2 Å². The quantitative estimate of drug-likeness (QED) is 0.633. The number of benzene rings is 2. The predicted molar refractivity (Wildman–Crippen MR) is 108 cm³/mol. The van der Waals surface area contributed by atoms with Gasteiger partial charge in [0, 0.05) is 18.1 Å². The second-order valence-electron chi connectivity index (χ2n) is 6.20. The molecule has 3 aromatic rings. The third-order valence-corrected chi connectivity index (χ3v) is 4.27. The molecule has 6 heteroatoms. The number of amides is 2. The molecular weight excluding hydrogens is 354 g/mol. The number of nitrogens with one attached hydrogen (secondary N) is 2. The first-order chi connectivity index (χ1) is 13.7. The van der Waals surface area contributed by atoms with Crippen molar-refractivity contribution in [3.05, 3.63) is 71.9 Å². The Bertz CT molecular complexity index is 967. The van der Waals surface area contributed by atoms with Gasteiger partial charge < -0.3 is 15.4 Å². The highest BCUT2D eigenvalue weighted by molar-refractivity contribution is 5.98. The summed E-state index contributed by atoms with van der Waals surface area (Å²) in [6.45, 7) is 2.70. The van der Waals surface area contributed by atoms with Gasteiger partial charge in [0.15, 0.2) is 0 Å². The van der Waals surface area contributed by atoms with Crippen LogP contribution in [0.4, 0.5) is 0 Å². The molecule has 0 aliphatic carbocycles. The number of carbonyl (C=O) groups is 2. The van der Waals surface area contributed by atoms with Crippen LogP contribution < -0.4 is 15.4 Å². The Morgan fingerprint density at radius 1 is 1.00 bits per heavy atom. The maximum atomic E-state index is 12.3. The first kappa shape index (κ1) is 19.4. The molecule has 0 saturated heterocycles. The maximum absolute atomic E-state index is 12.3. The summed E-state index contributed by atoms with van der Waals surface area (Å²) in [7, 11) is 0. The van der Waals surface area contributed by atoms with Crippen molar-refractivity contribution in [1.82, 2.24) is 15.6 Å². The summed E-state index contributed by atoms with van der Waals surface area (Å²) in [6.07, 6.45) is 2.43. The molecule has 2 amide bonds. The molecule has 0 radical (unpaired) electrons. The molecule has 144 valence electrons. The van der Waals surface area contributed by atoms with E-state index in [9.17, 15) is 9.59 Å². The van der Waals surface area contributed by atoms with Gasteiger partial charge in [0.25, 0.3) is 5.91 Å². The van der Waals surface area contributed by atoms with Crippen molar-refractivity contribution in [2.75, 3.05) is 19.7 Å². The fraction of sp³-hybridized carbons (Fsp3) is 0.227. The first-order valence-electron chi connectivity index (χ1n) is 9.28. The lowest BCUT2D eigenvalue weighted by Crippen LogP contribution is -2.37. The average molecular weight is 377 g/mol. The zero-order valence-electron chi connectivity index (χ0n) is 15.8. The highest BCUT2D eigenvalue weighted by Crippen LogP contribution is 2.18. The molecule has 6 nitrogen and oxygen atoms in total. The molecule has 0 aliphatic heterocycles. The van der Waals surface area contributed by atoms with E-state index in [0.29, 0.717) is 30.9 Å². The Hall–Kier alpha value is -3.41. The van der Waals surface area contributed by atoms with Crippen LogP contribution in [0.3, 0.4) is 0 Å². The molecule has 1 heterocycles. The number of hydrogen-bond donors (Lipinski definition) is 2. The van der Waals surface area contributed by atoms with Crippen LogP contribution >= 0.6 is 0 Å². The molecule has 2 N–H and O–H groups in total. The van der Waals surface area contributed by atoms with Gasteiger partial charge in [-0.2, -0.15) is 0 Å². The predicted octanol–water partition coefficient (Wildman–Crippen LogP) is 2.72. The second-order valence-corrected chi connectivity index (χ2v) is 6.20. The molecule has 0 spiro atoms. The molecule has 0 fully saturated rings. The van der Waals surface area contributed by atoms with Crippen molar-refractivity contribution in [2.24, 2.45) is 0 Å². The highest BCUT2D eigenvalue weighted by atomic mass is 16.5. The minimum Gasteiger partial charge on any atom is -0.493 e. The summed E-state index contributed by atoms with van der Waals surface area (Å²) in [5, 5.41) is 6.54. The lowest BCUT2D eigenvalue weighted by Gasteiger charge is -2.11. The van der Waals surface area contributed by atoms with Gasteiger partial charge in [-0.3, -0.25) is 14.6 Å². The first-order valence-corrected chi connectivity index (χ1v) is 9.28. The van der Waals surface area contributed by atoms with E-state index in [1.807, 2.05) is 37.3 Å². The highest BCUT2D eigenvalue weighted by Gasteiger charge is 2.13. The molecule has 0 unspecified atom stereocenters. The van der Waals surface area contributed by atoms with E-state index in [-0.39, 0.29) is 18.4 Å². The molecule has 0 aliphatic rings. The number of nitrogens with zero attached hydrogens (tertiary/aromatic N) is 1. The fourth-order valence-corrected chi connectivity index (χ4v) is 2.96. The van der Waals surface area contributed by atoms with Crippen molar-refractivity contribution in [3.8, 4) is 5.75 Å². The van der Waals surface area contributed by atoms with Crippen LogP contribution in [0.5, 0.6) is 5.75 Å². The number of fused-ring (bicyclic) bond motifs is 1. The summed E-state index contributed by atoms with van der Waals surface area (Å²) in [5.74, 6) is -0.0701. The van der Waals surface area contributed by atoms with E-state index >= 15 is 0 Å². The molecular formula is C22H23N3O3. The number of carbonyl (C=O) groups excluding carboxylic acids is 2. The summed E-state index contributed by atoms with van der Waals surface area (Å²) in [4.78, 5) is 28.8. The number of ether oxygens (including phenoxy) is 1. The van der Waals surface area contributed by atoms with Crippen LogP contribution in [0.1, 0.15) is 22.8 Å². The average Bonchev–Trinajstić information content (AvgIpc) is 2.73. The van der Waals surface area contributed by atoms with Gasteiger partial charge in [-0.05, 0) is 37.1 Å². The second kappa shape index (κ2) is 9.50. The Balaban J connectivity index is 1.49. The van der Waals surface area contributed by atoms with Gasteiger partial charge in [-0.1, -0.05) is 36.4 Å². The molecule has 2 aromatic carbocycles. The van der Waals surface area contributed by atoms with Gasteiger partial charge in [0.05, 0.1) is 24.2 Å². The fourth-order valence-electron chi connectivity index (χ4n) is 2.96. The van der Waals surface area contributed by atoms with Gasteiger partial charge in [-0.15, -0.1) is 0 Å². The van der Waals surface area contributed by atoms with Gasteiger partial charge in [-0.25, -0.2) is 0 Å². The summed E-state index contributed by atoms with van der Waals surface area (Å²) in [5.41, 5.74) is 2.44. The zero-order valence-corrected chi connectivity index (χ0v) is 15.8. The van der Waals surface area contributed by atoms with Gasteiger partial charge in [0.1, 0.15) is 5.75 Å². The minimum absolute atomic E-state index is 0.0902. The summed E-state index contributed by atoms with van der Waals surface area (Å²) < 4.78 is 5.45. The largest absolute Gasteiger partial charge is 0.493 e. The van der Waals surface area contributed by atoms with Crippen molar-refractivity contribution >= 4 is 22.7 Å². The van der Waals surface area contributed by atoms with Crippen molar-refractivity contribution in [2.45, 2.75) is 13.3 Å². The molecule has 3 rings (SSSR count). The lowest BCUT2D eigenvalue weighted by molar-refractivity contribution is -0.120. The van der Waals surface area contributed by atoms with Crippen molar-refractivity contribution in [3.63, 3.8) is 0 Å². The topological polar surface area (TPSA) is 80.3 Å². The van der Waals surface area contributed by atoms with E-state index < -0.39 is 0 Å². The summed E-state index contributed by atoms with van der Waals surface area (Å²) >= 11 is 0. The van der Waals surface area contributed by atoms with Crippen molar-refractivity contribution < 1.29 is 14.3 Å². The third-order valence-electron chi connectivity index (χ3n) is 4.27. The summed E-state index contributed by atoms with van der Waals surface area (Å²) in [6, 6.07) is 16.9. The molecule has 0 saturated carbocycles. The SMILES string of the molecule is CCOc1ccccc1C(=O)NCC(=O)NCCc1cccc2cccnc12. The van der Waals surface area contributed by atoms with Crippen molar-refractivity contribution in [1.29, 1.82) is 0 Å². The van der Waals surface area contributed by atoms with Gasteiger partial charge in [0.2, 0.25) is 5.91 Å². The molecule has 0 atom stereocenters. The van der Waals surface area contributed by atoms with Crippen LogP contribution in [0.25, 0.3) is 10.9 Å². The van der Waals surface area contributed by atoms with Gasteiger partial charge >= 0.3 is 0 Å².